The van der Waals surface area contributed by atoms with E-state index in [0.717, 1.165) is 30.4 Å². The summed E-state index contributed by atoms with van der Waals surface area (Å²) in [6.45, 7) is 4.21. The number of nitrogens with one attached hydrogen (secondary N) is 1. The summed E-state index contributed by atoms with van der Waals surface area (Å²) in [7, 11) is 0. The predicted octanol–water partition coefficient (Wildman–Crippen LogP) is 2.62. The molecule has 2 nitrogen and oxygen atoms in total. The maximum atomic E-state index is 8.62. The quantitative estimate of drug-likeness (QED) is 0.780. The van der Waals surface area contributed by atoms with E-state index in [2.05, 4.69) is 46.4 Å². The summed E-state index contributed by atoms with van der Waals surface area (Å²) >= 11 is 3.55. The molecule has 84 valence electrons. The van der Waals surface area contributed by atoms with Crippen LogP contribution in [0.3, 0.4) is 0 Å². The van der Waals surface area contributed by atoms with Gasteiger partial charge in [-0.3, -0.25) is 0 Å². The standard InChI is InChI=1S/C12H18BrNO/c1-10-4-5-11(12(13)8-10)9-14-6-2-3-7-15/h4-5,8,14-15H,2-3,6-7,9H2,1H3. The molecule has 0 spiro atoms. The van der Waals surface area contributed by atoms with E-state index < -0.39 is 0 Å². The minimum absolute atomic E-state index is 0.288. The van der Waals surface area contributed by atoms with Crippen LogP contribution in [0.4, 0.5) is 0 Å². The van der Waals surface area contributed by atoms with Gasteiger partial charge in [-0.05, 0) is 43.5 Å². The molecule has 0 aliphatic heterocycles. The van der Waals surface area contributed by atoms with Crippen LogP contribution in [-0.2, 0) is 6.54 Å². The number of halogens is 1. The molecule has 1 rings (SSSR count). The lowest BCUT2D eigenvalue weighted by atomic mass is 10.1. The fraction of sp³-hybridized carbons (Fsp3) is 0.500. The second-order valence-corrected chi connectivity index (χ2v) is 4.56. The molecule has 3 heteroatoms. The van der Waals surface area contributed by atoms with Crippen LogP contribution in [0.5, 0.6) is 0 Å². The average Bonchev–Trinajstić information content (AvgIpc) is 2.20. The third kappa shape index (κ3) is 4.78. The Morgan fingerprint density at radius 1 is 1.33 bits per heavy atom. The molecule has 15 heavy (non-hydrogen) atoms. The Hall–Kier alpha value is -0.380. The summed E-state index contributed by atoms with van der Waals surface area (Å²) in [5, 5.41) is 12.0. The highest BCUT2D eigenvalue weighted by Gasteiger charge is 1.98. The zero-order valence-electron chi connectivity index (χ0n) is 9.09. The van der Waals surface area contributed by atoms with Gasteiger partial charge in [0.1, 0.15) is 0 Å². The van der Waals surface area contributed by atoms with Crippen LogP contribution in [0.25, 0.3) is 0 Å². The van der Waals surface area contributed by atoms with Gasteiger partial charge in [0.05, 0.1) is 0 Å². The second kappa shape index (κ2) is 6.99. The van der Waals surface area contributed by atoms with Crippen molar-refractivity contribution in [3.63, 3.8) is 0 Å². The molecule has 2 N–H and O–H groups in total. The summed E-state index contributed by atoms with van der Waals surface area (Å²) in [4.78, 5) is 0. The molecular weight excluding hydrogens is 254 g/mol. The number of aryl methyl sites for hydroxylation is 1. The number of benzene rings is 1. The normalized spacial score (nSPS) is 10.6. The van der Waals surface area contributed by atoms with E-state index in [0.29, 0.717) is 0 Å². The number of rotatable bonds is 6. The number of aliphatic hydroxyl groups excluding tert-OH is 1. The third-order valence-corrected chi connectivity index (χ3v) is 3.02. The van der Waals surface area contributed by atoms with Crippen molar-refractivity contribution in [3.8, 4) is 0 Å². The summed E-state index contributed by atoms with van der Waals surface area (Å²) in [5.74, 6) is 0. The number of hydrogen-bond acceptors (Lipinski definition) is 2. The molecule has 0 saturated carbocycles. The molecule has 0 aromatic heterocycles. The van der Waals surface area contributed by atoms with Gasteiger partial charge in [0, 0.05) is 17.6 Å². The van der Waals surface area contributed by atoms with Crippen LogP contribution in [0.15, 0.2) is 22.7 Å². The lowest BCUT2D eigenvalue weighted by Gasteiger charge is -2.07. The average molecular weight is 272 g/mol. The second-order valence-electron chi connectivity index (χ2n) is 3.70. The summed E-state index contributed by atoms with van der Waals surface area (Å²) in [6.07, 6.45) is 1.90. The molecule has 0 radical (unpaired) electrons. The minimum atomic E-state index is 0.288. The molecule has 0 saturated heterocycles. The SMILES string of the molecule is Cc1ccc(CNCCCCO)c(Br)c1. The van der Waals surface area contributed by atoms with E-state index in [1.165, 1.54) is 11.1 Å². The Morgan fingerprint density at radius 3 is 2.80 bits per heavy atom. The zero-order chi connectivity index (χ0) is 11.1. The van der Waals surface area contributed by atoms with Gasteiger partial charge in [-0.2, -0.15) is 0 Å². The number of aliphatic hydroxyl groups is 1. The monoisotopic (exact) mass is 271 g/mol. The minimum Gasteiger partial charge on any atom is -0.396 e. The van der Waals surface area contributed by atoms with Gasteiger partial charge in [-0.15, -0.1) is 0 Å². The number of hydrogen-bond donors (Lipinski definition) is 2. The highest BCUT2D eigenvalue weighted by atomic mass is 79.9. The summed E-state index contributed by atoms with van der Waals surface area (Å²) in [6, 6.07) is 6.39. The van der Waals surface area contributed by atoms with Gasteiger partial charge in [0.15, 0.2) is 0 Å². The van der Waals surface area contributed by atoms with Crippen molar-refractivity contribution >= 4 is 15.9 Å². The molecule has 0 aliphatic carbocycles. The van der Waals surface area contributed by atoms with Crippen LogP contribution in [-0.4, -0.2) is 18.3 Å². The van der Waals surface area contributed by atoms with Gasteiger partial charge >= 0.3 is 0 Å². The predicted molar refractivity (Wildman–Crippen MR) is 66.9 cm³/mol. The largest absolute Gasteiger partial charge is 0.396 e. The van der Waals surface area contributed by atoms with E-state index in [1.807, 2.05) is 0 Å². The highest BCUT2D eigenvalue weighted by Crippen LogP contribution is 2.17. The Bertz CT molecular complexity index is 302. The number of unbranched alkanes of at least 4 members (excludes halogenated alkanes) is 1. The van der Waals surface area contributed by atoms with E-state index in [4.69, 9.17) is 5.11 Å². The van der Waals surface area contributed by atoms with Crippen molar-refractivity contribution < 1.29 is 5.11 Å². The van der Waals surface area contributed by atoms with Crippen molar-refractivity contribution in [1.82, 2.24) is 5.32 Å². The fourth-order valence-electron chi connectivity index (χ4n) is 1.38. The summed E-state index contributed by atoms with van der Waals surface area (Å²) in [5.41, 5.74) is 2.55. The van der Waals surface area contributed by atoms with Gasteiger partial charge in [-0.1, -0.05) is 28.1 Å². The first-order valence-corrected chi connectivity index (χ1v) is 6.10. The van der Waals surface area contributed by atoms with Crippen LogP contribution in [0, 0.1) is 6.92 Å². The third-order valence-electron chi connectivity index (χ3n) is 2.29. The van der Waals surface area contributed by atoms with Crippen LogP contribution >= 0.6 is 15.9 Å². The van der Waals surface area contributed by atoms with E-state index in [1.54, 1.807) is 0 Å². The highest BCUT2D eigenvalue weighted by molar-refractivity contribution is 9.10. The lowest BCUT2D eigenvalue weighted by molar-refractivity contribution is 0.283. The molecule has 0 heterocycles. The fourth-order valence-corrected chi connectivity index (χ4v) is 2.01. The van der Waals surface area contributed by atoms with Crippen LogP contribution < -0.4 is 5.32 Å². The zero-order valence-corrected chi connectivity index (χ0v) is 10.7. The van der Waals surface area contributed by atoms with Gasteiger partial charge in [0.2, 0.25) is 0 Å². The van der Waals surface area contributed by atoms with Crippen molar-refractivity contribution in [2.24, 2.45) is 0 Å². The molecule has 0 atom stereocenters. The maximum Gasteiger partial charge on any atom is 0.0431 e. The van der Waals surface area contributed by atoms with E-state index >= 15 is 0 Å². The van der Waals surface area contributed by atoms with Crippen molar-refractivity contribution in [2.75, 3.05) is 13.2 Å². The molecule has 0 aliphatic rings. The smallest absolute Gasteiger partial charge is 0.0431 e. The first-order chi connectivity index (χ1) is 7.24. The molecule has 0 bridgehead atoms. The van der Waals surface area contributed by atoms with Gasteiger partial charge in [0.25, 0.3) is 0 Å². The van der Waals surface area contributed by atoms with Crippen molar-refractivity contribution in [3.05, 3.63) is 33.8 Å². The van der Waals surface area contributed by atoms with Crippen molar-refractivity contribution in [1.29, 1.82) is 0 Å². The Labute approximate surface area is 99.8 Å². The topological polar surface area (TPSA) is 32.3 Å². The molecule has 0 unspecified atom stereocenters. The van der Waals surface area contributed by atoms with Crippen LogP contribution in [0.1, 0.15) is 24.0 Å². The molecule has 0 fully saturated rings. The van der Waals surface area contributed by atoms with Crippen molar-refractivity contribution in [2.45, 2.75) is 26.3 Å². The van der Waals surface area contributed by atoms with Gasteiger partial charge < -0.3 is 10.4 Å². The van der Waals surface area contributed by atoms with Gasteiger partial charge in [-0.25, -0.2) is 0 Å². The van der Waals surface area contributed by atoms with Crippen LogP contribution in [0.2, 0.25) is 0 Å². The van der Waals surface area contributed by atoms with E-state index in [-0.39, 0.29) is 6.61 Å². The Balaban J connectivity index is 2.31. The summed E-state index contributed by atoms with van der Waals surface area (Å²) < 4.78 is 1.16. The lowest BCUT2D eigenvalue weighted by Crippen LogP contribution is -2.15. The molecule has 1 aromatic rings. The first-order valence-electron chi connectivity index (χ1n) is 5.30. The molecule has 0 amide bonds. The molecule has 1 aromatic carbocycles. The first kappa shape index (κ1) is 12.7. The van der Waals surface area contributed by atoms with E-state index in [9.17, 15) is 0 Å². The Kier molecular flexibility index (Phi) is 5.91. The maximum absolute atomic E-state index is 8.62. The molecular formula is C12H18BrNO. The Morgan fingerprint density at radius 2 is 2.13 bits per heavy atom.